The van der Waals surface area contributed by atoms with Gasteiger partial charge >= 0.3 is 0 Å². The van der Waals surface area contributed by atoms with E-state index in [-0.39, 0.29) is 0 Å². The molecule has 2 unspecified atom stereocenters. The van der Waals surface area contributed by atoms with Gasteiger partial charge in [0.15, 0.2) is 0 Å². The average molecular weight is 253 g/mol. The van der Waals surface area contributed by atoms with Gasteiger partial charge in [0.25, 0.3) is 0 Å². The predicted molar refractivity (Wildman–Crippen MR) is 71.6 cm³/mol. The van der Waals surface area contributed by atoms with E-state index in [4.69, 9.17) is 9.47 Å². The molecule has 3 aliphatic rings. The number of rotatable bonds is 8. The largest absolute Gasteiger partial charge is 0.382 e. The molecule has 0 aromatic heterocycles. The predicted octanol–water partition coefficient (Wildman–Crippen LogP) is 2.35. The second-order valence-corrected chi connectivity index (χ2v) is 6.34. The van der Waals surface area contributed by atoms with Crippen LogP contribution in [0, 0.1) is 11.3 Å². The van der Waals surface area contributed by atoms with E-state index in [0.717, 1.165) is 38.3 Å². The molecule has 1 heterocycles. The molecular weight excluding hydrogens is 226 g/mol. The topological polar surface area (TPSA) is 30.5 Å². The lowest BCUT2D eigenvalue weighted by molar-refractivity contribution is 0.00980. The zero-order valence-electron chi connectivity index (χ0n) is 11.6. The molecule has 104 valence electrons. The molecular formula is C15H27NO2. The Morgan fingerprint density at radius 3 is 2.78 bits per heavy atom. The molecule has 3 rings (SSSR count). The van der Waals surface area contributed by atoms with Gasteiger partial charge in [-0.05, 0) is 51.4 Å². The molecule has 0 spiro atoms. The lowest BCUT2D eigenvalue weighted by Crippen LogP contribution is -2.43. The van der Waals surface area contributed by atoms with Crippen LogP contribution in [0.25, 0.3) is 0 Å². The zero-order chi connectivity index (χ0) is 12.4. The van der Waals surface area contributed by atoms with Crippen molar-refractivity contribution in [3.63, 3.8) is 0 Å². The highest BCUT2D eigenvalue weighted by Crippen LogP contribution is 2.49. The van der Waals surface area contributed by atoms with Crippen LogP contribution < -0.4 is 5.32 Å². The Hall–Kier alpha value is -0.120. The maximum Gasteiger partial charge on any atom is 0.0673 e. The summed E-state index contributed by atoms with van der Waals surface area (Å²) in [6.45, 7) is 5.92. The van der Waals surface area contributed by atoms with Gasteiger partial charge in [0.2, 0.25) is 0 Å². The minimum Gasteiger partial charge on any atom is -0.382 e. The molecule has 3 heteroatoms. The third-order valence-electron chi connectivity index (χ3n) is 4.82. The maximum atomic E-state index is 6.08. The van der Waals surface area contributed by atoms with Crippen molar-refractivity contribution >= 4 is 0 Å². The van der Waals surface area contributed by atoms with E-state index in [1.165, 1.54) is 38.5 Å². The summed E-state index contributed by atoms with van der Waals surface area (Å²) in [6, 6.07) is 0.800. The average Bonchev–Trinajstić information content (AvgIpc) is 3.28. The quantitative estimate of drug-likeness (QED) is 0.674. The van der Waals surface area contributed by atoms with Crippen LogP contribution in [0.4, 0.5) is 0 Å². The Morgan fingerprint density at radius 1 is 1.28 bits per heavy atom. The first-order chi connectivity index (χ1) is 8.84. The van der Waals surface area contributed by atoms with E-state index in [9.17, 15) is 0 Å². The Bertz CT molecular complexity index is 276. The molecule has 0 bridgehead atoms. The fraction of sp³-hybridized carbons (Fsp3) is 1.00. The summed E-state index contributed by atoms with van der Waals surface area (Å²) < 4.78 is 11.7. The summed E-state index contributed by atoms with van der Waals surface area (Å²) in [4.78, 5) is 0. The first-order valence-corrected chi connectivity index (χ1v) is 7.77. The maximum absolute atomic E-state index is 6.08. The van der Waals surface area contributed by atoms with Crippen molar-refractivity contribution in [1.29, 1.82) is 0 Å². The van der Waals surface area contributed by atoms with E-state index in [1.54, 1.807) is 0 Å². The first-order valence-electron chi connectivity index (χ1n) is 7.77. The number of hydrogen-bond donors (Lipinski definition) is 1. The van der Waals surface area contributed by atoms with E-state index in [1.807, 2.05) is 0 Å². The van der Waals surface area contributed by atoms with Gasteiger partial charge in [-0.3, -0.25) is 0 Å². The van der Waals surface area contributed by atoms with Crippen LogP contribution in [0.5, 0.6) is 0 Å². The molecule has 18 heavy (non-hydrogen) atoms. The molecule has 3 nitrogen and oxygen atoms in total. The number of nitrogens with one attached hydrogen (secondary N) is 1. The molecule has 3 fully saturated rings. The van der Waals surface area contributed by atoms with Gasteiger partial charge in [0.1, 0.15) is 0 Å². The van der Waals surface area contributed by atoms with Crippen LogP contribution >= 0.6 is 0 Å². The number of ether oxygens (including phenoxy) is 2. The van der Waals surface area contributed by atoms with Crippen LogP contribution in [0.2, 0.25) is 0 Å². The van der Waals surface area contributed by atoms with Crippen LogP contribution in [-0.2, 0) is 9.47 Å². The van der Waals surface area contributed by atoms with Gasteiger partial charge in [-0.25, -0.2) is 0 Å². The highest BCUT2D eigenvalue weighted by atomic mass is 16.5. The minimum absolute atomic E-state index is 0.360. The lowest BCUT2D eigenvalue weighted by atomic mass is 9.76. The molecule has 2 aliphatic carbocycles. The van der Waals surface area contributed by atoms with Crippen molar-refractivity contribution in [1.82, 2.24) is 5.32 Å². The van der Waals surface area contributed by atoms with Crippen molar-refractivity contribution in [2.45, 2.75) is 57.6 Å². The van der Waals surface area contributed by atoms with Crippen LogP contribution in [-0.4, -0.2) is 38.5 Å². The normalized spacial score (nSPS) is 36.2. The standard InChI is InChI=1S/C15H27NO2/c1-2-17-9-7-15(11-16-13-5-6-13)8-10-18-14(15)12-3-4-12/h12-14,16H,2-11H2,1H3. The summed E-state index contributed by atoms with van der Waals surface area (Å²) in [5.74, 6) is 0.843. The Labute approximate surface area is 111 Å². The van der Waals surface area contributed by atoms with Crippen LogP contribution in [0.1, 0.15) is 45.4 Å². The molecule has 2 atom stereocenters. The minimum atomic E-state index is 0.360. The van der Waals surface area contributed by atoms with Gasteiger partial charge in [0.05, 0.1) is 6.10 Å². The third-order valence-corrected chi connectivity index (χ3v) is 4.82. The van der Waals surface area contributed by atoms with E-state index >= 15 is 0 Å². The van der Waals surface area contributed by atoms with Crippen molar-refractivity contribution in [2.75, 3.05) is 26.4 Å². The Morgan fingerprint density at radius 2 is 2.11 bits per heavy atom. The van der Waals surface area contributed by atoms with Crippen molar-refractivity contribution in [2.24, 2.45) is 11.3 Å². The summed E-state index contributed by atoms with van der Waals surface area (Å²) in [5, 5.41) is 3.74. The van der Waals surface area contributed by atoms with Crippen LogP contribution in [0.15, 0.2) is 0 Å². The molecule has 0 aromatic carbocycles. The smallest absolute Gasteiger partial charge is 0.0673 e. The highest BCUT2D eigenvalue weighted by Gasteiger charge is 2.50. The molecule has 0 radical (unpaired) electrons. The van der Waals surface area contributed by atoms with Gasteiger partial charge in [-0.1, -0.05) is 0 Å². The van der Waals surface area contributed by atoms with E-state index in [2.05, 4.69) is 12.2 Å². The Kier molecular flexibility index (Phi) is 3.92. The van der Waals surface area contributed by atoms with Crippen molar-refractivity contribution in [3.05, 3.63) is 0 Å². The second kappa shape index (κ2) is 5.48. The zero-order valence-corrected chi connectivity index (χ0v) is 11.6. The van der Waals surface area contributed by atoms with Gasteiger partial charge in [-0.2, -0.15) is 0 Å². The molecule has 1 aliphatic heterocycles. The van der Waals surface area contributed by atoms with Crippen LogP contribution in [0.3, 0.4) is 0 Å². The summed E-state index contributed by atoms with van der Waals surface area (Å²) in [7, 11) is 0. The third kappa shape index (κ3) is 2.89. The summed E-state index contributed by atoms with van der Waals surface area (Å²) in [6.07, 6.45) is 8.40. The summed E-state index contributed by atoms with van der Waals surface area (Å²) in [5.41, 5.74) is 0.360. The Balaban J connectivity index is 1.60. The van der Waals surface area contributed by atoms with Crippen molar-refractivity contribution in [3.8, 4) is 0 Å². The summed E-state index contributed by atoms with van der Waals surface area (Å²) >= 11 is 0. The van der Waals surface area contributed by atoms with Gasteiger partial charge in [-0.15, -0.1) is 0 Å². The lowest BCUT2D eigenvalue weighted by Gasteiger charge is -2.35. The molecule has 0 aromatic rings. The number of hydrogen-bond acceptors (Lipinski definition) is 3. The van der Waals surface area contributed by atoms with Gasteiger partial charge < -0.3 is 14.8 Å². The monoisotopic (exact) mass is 253 g/mol. The second-order valence-electron chi connectivity index (χ2n) is 6.34. The molecule has 2 saturated carbocycles. The highest BCUT2D eigenvalue weighted by molar-refractivity contribution is 5.01. The van der Waals surface area contributed by atoms with Gasteiger partial charge in [0, 0.05) is 37.8 Å². The molecule has 1 N–H and O–H groups in total. The fourth-order valence-corrected chi connectivity index (χ4v) is 3.34. The molecule has 1 saturated heterocycles. The first kappa shape index (κ1) is 12.9. The van der Waals surface area contributed by atoms with E-state index < -0.39 is 0 Å². The fourth-order valence-electron chi connectivity index (χ4n) is 3.34. The van der Waals surface area contributed by atoms with Crippen molar-refractivity contribution < 1.29 is 9.47 Å². The SMILES string of the molecule is CCOCCC1(CNC2CC2)CCOC1C1CC1. The van der Waals surface area contributed by atoms with E-state index in [0.29, 0.717) is 11.5 Å². The molecule has 0 amide bonds.